The average molecular weight is 426 g/mol. The van der Waals surface area contributed by atoms with E-state index in [2.05, 4.69) is 9.98 Å². The largest absolute Gasteiger partial charge is 0.678 e. The van der Waals surface area contributed by atoms with Gasteiger partial charge in [0.2, 0.25) is 0 Å². The van der Waals surface area contributed by atoms with Crippen LogP contribution in [0.5, 0.6) is 0 Å². The number of aliphatic imine (C=N–C) groups is 1. The standard InChI is InChI=1S/C20H17BF2N4O4/c22-21(23)26-15(6-7-17(26)16-2-1-11-24-16)12-14-4-3-13(25-14)5-10-20(30)31-27-18(28)8-9-19(27)29/h1-4,6-7,11-12,24H,5,8-10H2/b14-12+. The molecule has 1 N–H and O–H groups in total. The minimum Gasteiger partial charge on any atom is -0.360 e. The maximum Gasteiger partial charge on any atom is 0.678 e. The molecule has 2 aliphatic rings. The van der Waals surface area contributed by atoms with E-state index in [-0.39, 0.29) is 31.4 Å². The zero-order valence-electron chi connectivity index (χ0n) is 16.3. The van der Waals surface area contributed by atoms with E-state index in [0.717, 1.165) is 4.48 Å². The molecule has 0 unspecified atom stereocenters. The predicted molar refractivity (Wildman–Crippen MR) is 109 cm³/mol. The van der Waals surface area contributed by atoms with Crippen LogP contribution in [-0.2, 0) is 19.2 Å². The van der Waals surface area contributed by atoms with E-state index >= 15 is 0 Å². The molecule has 4 heterocycles. The van der Waals surface area contributed by atoms with Crippen LogP contribution in [0.4, 0.5) is 8.63 Å². The Kier molecular flexibility index (Phi) is 5.65. The summed E-state index contributed by atoms with van der Waals surface area (Å²) < 4.78 is 28.2. The highest BCUT2D eigenvalue weighted by Crippen LogP contribution is 2.25. The molecule has 0 radical (unpaired) electrons. The number of hydrogen-bond acceptors (Lipinski definition) is 5. The molecule has 2 aliphatic heterocycles. The van der Waals surface area contributed by atoms with Gasteiger partial charge in [-0.1, -0.05) is 0 Å². The number of aromatic amines is 1. The van der Waals surface area contributed by atoms with Gasteiger partial charge in [0.15, 0.2) is 0 Å². The van der Waals surface area contributed by atoms with Gasteiger partial charge in [0.25, 0.3) is 11.8 Å². The molecule has 0 aromatic carbocycles. The smallest absolute Gasteiger partial charge is 0.360 e. The van der Waals surface area contributed by atoms with Gasteiger partial charge in [0, 0.05) is 36.9 Å². The van der Waals surface area contributed by atoms with Crippen LogP contribution in [0, 0.1) is 0 Å². The zero-order chi connectivity index (χ0) is 22.0. The van der Waals surface area contributed by atoms with Crippen molar-refractivity contribution in [3.63, 3.8) is 0 Å². The molecule has 1 fully saturated rings. The molecule has 2 aromatic heterocycles. The molecule has 0 bridgehead atoms. The number of carbonyl (C=O) groups is 3. The van der Waals surface area contributed by atoms with Gasteiger partial charge < -0.3 is 14.3 Å². The number of allylic oxidation sites excluding steroid dienone is 2. The Hall–Kier alpha value is -3.76. The van der Waals surface area contributed by atoms with Crippen molar-refractivity contribution in [2.24, 2.45) is 4.99 Å². The van der Waals surface area contributed by atoms with Crippen molar-refractivity contribution in [2.75, 3.05) is 0 Å². The summed E-state index contributed by atoms with van der Waals surface area (Å²) in [5.41, 5.74) is 2.24. The Morgan fingerprint density at radius 1 is 1.19 bits per heavy atom. The van der Waals surface area contributed by atoms with Gasteiger partial charge in [-0.2, -0.15) is 0 Å². The summed E-state index contributed by atoms with van der Waals surface area (Å²) in [7, 11) is -2.74. The van der Waals surface area contributed by atoms with E-state index in [0.29, 0.717) is 27.9 Å². The van der Waals surface area contributed by atoms with Gasteiger partial charge in [0.1, 0.15) is 0 Å². The lowest BCUT2D eigenvalue weighted by molar-refractivity contribution is -0.197. The van der Waals surface area contributed by atoms with Crippen LogP contribution >= 0.6 is 0 Å². The Balaban J connectivity index is 1.42. The lowest BCUT2D eigenvalue weighted by Gasteiger charge is -2.12. The van der Waals surface area contributed by atoms with Crippen LogP contribution in [0.3, 0.4) is 0 Å². The highest BCUT2D eigenvalue weighted by molar-refractivity contribution is 6.42. The number of aromatic nitrogens is 2. The maximum absolute atomic E-state index is 13.7. The van der Waals surface area contributed by atoms with E-state index in [1.54, 1.807) is 42.6 Å². The number of carbonyl (C=O) groups excluding carboxylic acids is 3. The molecule has 4 rings (SSSR count). The summed E-state index contributed by atoms with van der Waals surface area (Å²) in [4.78, 5) is 46.9. The molecule has 158 valence electrons. The Bertz CT molecular complexity index is 1100. The minimum absolute atomic E-state index is 0.0294. The van der Waals surface area contributed by atoms with Crippen LogP contribution < -0.4 is 0 Å². The number of halogens is 2. The summed E-state index contributed by atoms with van der Waals surface area (Å²) in [6, 6.07) is 6.62. The summed E-state index contributed by atoms with van der Waals surface area (Å²) in [5, 5.41) is 0.500. The van der Waals surface area contributed by atoms with Gasteiger partial charge in [-0.05, 0) is 42.5 Å². The summed E-state index contributed by atoms with van der Waals surface area (Å²) >= 11 is 0. The molecule has 0 saturated carbocycles. The van der Waals surface area contributed by atoms with Crippen LogP contribution in [-0.4, -0.2) is 45.4 Å². The van der Waals surface area contributed by atoms with Gasteiger partial charge >= 0.3 is 13.4 Å². The number of hydrogen-bond donors (Lipinski definition) is 1. The molecular weight excluding hydrogens is 409 g/mol. The SMILES string of the molecule is O=C(CCC1=N/C(=C/c2ccc(-c3ccc[nH]3)n2B(F)F)C=C1)ON1C(=O)CCC1=O. The van der Waals surface area contributed by atoms with E-state index < -0.39 is 25.2 Å². The highest BCUT2D eigenvalue weighted by atomic mass is 19.2. The summed E-state index contributed by atoms with van der Waals surface area (Å²) in [5.74, 6) is -1.80. The second-order valence-corrected chi connectivity index (χ2v) is 6.93. The minimum atomic E-state index is -2.74. The third kappa shape index (κ3) is 4.40. The third-order valence-corrected chi connectivity index (χ3v) is 4.82. The number of nitrogens with zero attached hydrogens (tertiary/aromatic N) is 3. The maximum atomic E-state index is 13.7. The monoisotopic (exact) mass is 426 g/mol. The fraction of sp³-hybridized carbons (Fsp3) is 0.200. The van der Waals surface area contributed by atoms with Crippen molar-refractivity contribution in [3.8, 4) is 11.4 Å². The van der Waals surface area contributed by atoms with Crippen molar-refractivity contribution in [1.82, 2.24) is 14.5 Å². The highest BCUT2D eigenvalue weighted by Gasteiger charge is 2.32. The topological polar surface area (TPSA) is 96.8 Å². The first kappa shape index (κ1) is 20.5. The Labute approximate surface area is 176 Å². The number of imide groups is 1. The molecule has 2 amide bonds. The van der Waals surface area contributed by atoms with E-state index in [1.807, 2.05) is 0 Å². The molecule has 8 nitrogen and oxygen atoms in total. The van der Waals surface area contributed by atoms with E-state index in [4.69, 9.17) is 4.84 Å². The number of hydroxylamine groups is 2. The van der Waals surface area contributed by atoms with Gasteiger partial charge in [0.05, 0.1) is 23.5 Å². The fourth-order valence-corrected chi connectivity index (χ4v) is 3.34. The molecule has 11 heteroatoms. The van der Waals surface area contributed by atoms with Crippen LogP contribution in [0.15, 0.2) is 53.3 Å². The first-order valence-electron chi connectivity index (χ1n) is 9.59. The van der Waals surface area contributed by atoms with Crippen molar-refractivity contribution in [1.29, 1.82) is 0 Å². The Morgan fingerprint density at radius 2 is 1.97 bits per heavy atom. The van der Waals surface area contributed by atoms with E-state index in [9.17, 15) is 23.0 Å². The molecular formula is C20H17BF2N4O4. The Morgan fingerprint density at radius 3 is 2.65 bits per heavy atom. The molecule has 0 spiro atoms. The lowest BCUT2D eigenvalue weighted by atomic mass is 10.1. The number of amides is 2. The zero-order valence-corrected chi connectivity index (χ0v) is 16.3. The molecule has 1 saturated heterocycles. The molecule has 2 aromatic rings. The molecule has 31 heavy (non-hydrogen) atoms. The quantitative estimate of drug-likeness (QED) is 0.544. The van der Waals surface area contributed by atoms with Crippen molar-refractivity contribution in [2.45, 2.75) is 25.7 Å². The second-order valence-electron chi connectivity index (χ2n) is 6.93. The second kappa shape index (κ2) is 8.54. The average Bonchev–Trinajstić information content (AvgIpc) is 3.51. The fourth-order valence-electron chi connectivity index (χ4n) is 3.34. The van der Waals surface area contributed by atoms with Crippen molar-refractivity contribution in [3.05, 3.63) is 54.0 Å². The van der Waals surface area contributed by atoms with Crippen LogP contribution in [0.25, 0.3) is 17.5 Å². The van der Waals surface area contributed by atoms with E-state index in [1.165, 1.54) is 6.08 Å². The molecule has 0 aliphatic carbocycles. The third-order valence-electron chi connectivity index (χ3n) is 4.82. The van der Waals surface area contributed by atoms with Gasteiger partial charge in [-0.15, -0.1) is 5.06 Å². The first-order chi connectivity index (χ1) is 14.9. The van der Waals surface area contributed by atoms with Crippen molar-refractivity contribution < 1.29 is 27.9 Å². The summed E-state index contributed by atoms with van der Waals surface area (Å²) in [6.45, 7) is 0. The van der Waals surface area contributed by atoms with Crippen molar-refractivity contribution >= 4 is 37.0 Å². The van der Waals surface area contributed by atoms with Gasteiger partial charge in [-0.25, -0.2) is 4.79 Å². The molecule has 0 atom stereocenters. The number of rotatable bonds is 7. The normalized spacial score (nSPS) is 17.0. The van der Waals surface area contributed by atoms with Crippen LogP contribution in [0.2, 0.25) is 0 Å². The van der Waals surface area contributed by atoms with Gasteiger partial charge in [-0.3, -0.25) is 23.2 Å². The lowest BCUT2D eigenvalue weighted by Crippen LogP contribution is -2.32. The summed E-state index contributed by atoms with van der Waals surface area (Å²) in [6.07, 6.45) is 6.71. The van der Waals surface area contributed by atoms with Crippen LogP contribution in [0.1, 0.15) is 31.4 Å². The first-order valence-corrected chi connectivity index (χ1v) is 9.59. The predicted octanol–water partition coefficient (Wildman–Crippen LogP) is 2.99. The number of H-pyrrole nitrogens is 1. The number of nitrogens with one attached hydrogen (secondary N) is 1.